The van der Waals surface area contributed by atoms with E-state index in [1.54, 1.807) is 0 Å². The van der Waals surface area contributed by atoms with E-state index < -0.39 is 5.41 Å². The van der Waals surface area contributed by atoms with Crippen LogP contribution >= 0.6 is 0 Å². The van der Waals surface area contributed by atoms with Crippen molar-refractivity contribution >= 4 is 5.78 Å². The van der Waals surface area contributed by atoms with E-state index in [0.29, 0.717) is 12.3 Å². The number of hydrogen-bond donors (Lipinski definition) is 0. The number of fused-ring (bicyclic) bond motifs is 1. The normalized spacial score (nSPS) is 39.3. The van der Waals surface area contributed by atoms with Gasteiger partial charge in [0.25, 0.3) is 0 Å². The van der Waals surface area contributed by atoms with Gasteiger partial charge in [-0.25, -0.2) is 0 Å². The van der Waals surface area contributed by atoms with Crippen molar-refractivity contribution in [2.45, 2.75) is 52.4 Å². The van der Waals surface area contributed by atoms with Crippen LogP contribution < -0.4 is 0 Å². The van der Waals surface area contributed by atoms with Crippen LogP contribution in [0.25, 0.3) is 0 Å². The van der Waals surface area contributed by atoms with Crippen molar-refractivity contribution in [3.05, 3.63) is 0 Å². The molecule has 0 N–H and O–H groups in total. The van der Waals surface area contributed by atoms with E-state index in [1.807, 2.05) is 0 Å². The van der Waals surface area contributed by atoms with Crippen LogP contribution in [-0.4, -0.2) is 5.78 Å². The van der Waals surface area contributed by atoms with Crippen LogP contribution in [0.1, 0.15) is 52.4 Å². The van der Waals surface area contributed by atoms with Crippen LogP contribution in [0, 0.1) is 28.1 Å². The molecule has 0 radical (unpaired) electrons. The molecule has 2 fully saturated rings. The summed E-state index contributed by atoms with van der Waals surface area (Å²) in [5.74, 6) is 0.513. The number of nitriles is 1. The predicted molar refractivity (Wildman–Crippen MR) is 58.0 cm³/mol. The molecule has 0 amide bonds. The molecule has 0 aromatic rings. The fourth-order valence-corrected chi connectivity index (χ4v) is 3.70. The number of rotatable bonds is 0. The van der Waals surface area contributed by atoms with Gasteiger partial charge in [-0.05, 0) is 37.0 Å². The molecule has 2 aliphatic rings. The van der Waals surface area contributed by atoms with Crippen molar-refractivity contribution in [1.29, 1.82) is 5.26 Å². The molecule has 2 atom stereocenters. The summed E-state index contributed by atoms with van der Waals surface area (Å²) in [6.07, 6.45) is 5.66. The molecule has 0 bridgehead atoms. The van der Waals surface area contributed by atoms with Crippen LogP contribution in [-0.2, 0) is 4.79 Å². The van der Waals surface area contributed by atoms with Gasteiger partial charge in [-0.3, -0.25) is 4.79 Å². The molecule has 2 saturated carbocycles. The van der Waals surface area contributed by atoms with Gasteiger partial charge in [-0.1, -0.05) is 20.3 Å². The van der Waals surface area contributed by atoms with Crippen LogP contribution in [0.5, 0.6) is 0 Å². The quantitative estimate of drug-likeness (QED) is 0.609. The third-order valence-corrected chi connectivity index (χ3v) is 4.52. The topological polar surface area (TPSA) is 40.9 Å². The van der Waals surface area contributed by atoms with Crippen molar-refractivity contribution in [3.8, 4) is 6.07 Å². The molecule has 15 heavy (non-hydrogen) atoms. The van der Waals surface area contributed by atoms with E-state index in [0.717, 1.165) is 32.1 Å². The number of carbonyl (C=O) groups is 1. The Kier molecular flexibility index (Phi) is 2.37. The van der Waals surface area contributed by atoms with Crippen molar-refractivity contribution in [2.75, 3.05) is 0 Å². The summed E-state index contributed by atoms with van der Waals surface area (Å²) >= 11 is 0. The first-order chi connectivity index (χ1) is 7.03. The second-order valence-electron chi connectivity index (χ2n) is 5.79. The summed E-state index contributed by atoms with van der Waals surface area (Å²) in [7, 11) is 0. The monoisotopic (exact) mass is 205 g/mol. The SMILES string of the molecule is CC1(C)CCC[C@]2(C#N)C(=O)CCC[C@H]12. The highest BCUT2D eigenvalue weighted by molar-refractivity contribution is 5.88. The van der Waals surface area contributed by atoms with E-state index in [2.05, 4.69) is 19.9 Å². The lowest BCUT2D eigenvalue weighted by atomic mass is 9.51. The molecular weight excluding hydrogens is 186 g/mol. The summed E-state index contributed by atoms with van der Waals surface area (Å²) in [6, 6.07) is 2.38. The Morgan fingerprint density at radius 1 is 1.33 bits per heavy atom. The van der Waals surface area contributed by atoms with E-state index >= 15 is 0 Å². The van der Waals surface area contributed by atoms with E-state index in [9.17, 15) is 10.1 Å². The molecule has 2 aliphatic carbocycles. The first kappa shape index (κ1) is 10.7. The number of carbonyl (C=O) groups excluding carboxylic acids is 1. The van der Waals surface area contributed by atoms with Gasteiger partial charge in [0, 0.05) is 6.42 Å². The average Bonchev–Trinajstić information content (AvgIpc) is 2.19. The molecule has 0 spiro atoms. The lowest BCUT2D eigenvalue weighted by Gasteiger charge is -2.50. The number of nitrogens with zero attached hydrogens (tertiary/aromatic N) is 1. The number of Topliss-reactive ketones (excluding diaryl/α,β-unsaturated/α-hetero) is 1. The maximum absolute atomic E-state index is 12.0. The van der Waals surface area contributed by atoms with E-state index in [4.69, 9.17) is 0 Å². The second kappa shape index (κ2) is 3.33. The minimum atomic E-state index is -0.625. The summed E-state index contributed by atoms with van der Waals surface area (Å²) < 4.78 is 0. The zero-order chi connectivity index (χ0) is 11.1. The van der Waals surface area contributed by atoms with Crippen molar-refractivity contribution in [3.63, 3.8) is 0 Å². The molecular formula is C13H19NO. The zero-order valence-electron chi connectivity index (χ0n) is 9.68. The standard InChI is InChI=1S/C13H19NO/c1-12(2)7-4-8-13(9-14)10(12)5-3-6-11(13)15/h10H,3-8H2,1-2H3/t10-,13-/m1/s1. The van der Waals surface area contributed by atoms with Crippen LogP contribution in [0.4, 0.5) is 0 Å². The van der Waals surface area contributed by atoms with E-state index in [1.165, 1.54) is 0 Å². The first-order valence-corrected chi connectivity index (χ1v) is 5.97. The Labute approximate surface area is 91.7 Å². The van der Waals surface area contributed by atoms with Gasteiger partial charge in [0.2, 0.25) is 0 Å². The Morgan fingerprint density at radius 3 is 2.67 bits per heavy atom. The zero-order valence-corrected chi connectivity index (χ0v) is 9.68. The van der Waals surface area contributed by atoms with Crippen molar-refractivity contribution in [2.24, 2.45) is 16.7 Å². The smallest absolute Gasteiger partial charge is 0.153 e. The molecule has 0 aliphatic heterocycles. The minimum Gasteiger partial charge on any atom is -0.298 e. The fraction of sp³-hybridized carbons (Fsp3) is 0.846. The molecule has 0 saturated heterocycles. The van der Waals surface area contributed by atoms with Gasteiger partial charge in [0.1, 0.15) is 5.41 Å². The molecule has 0 aromatic heterocycles. The Balaban J connectivity index is 2.42. The van der Waals surface area contributed by atoms with Crippen LogP contribution in [0.2, 0.25) is 0 Å². The highest BCUT2D eigenvalue weighted by atomic mass is 16.1. The average molecular weight is 205 g/mol. The van der Waals surface area contributed by atoms with Crippen LogP contribution in [0.15, 0.2) is 0 Å². The molecule has 82 valence electrons. The summed E-state index contributed by atoms with van der Waals surface area (Å²) in [6.45, 7) is 4.45. The van der Waals surface area contributed by atoms with Gasteiger partial charge in [-0.15, -0.1) is 0 Å². The van der Waals surface area contributed by atoms with Crippen molar-refractivity contribution < 1.29 is 4.79 Å². The highest BCUT2D eigenvalue weighted by Crippen LogP contribution is 2.55. The lowest BCUT2D eigenvalue weighted by molar-refractivity contribution is -0.138. The van der Waals surface area contributed by atoms with Gasteiger partial charge >= 0.3 is 0 Å². The summed E-state index contributed by atoms with van der Waals surface area (Å²) in [4.78, 5) is 12.0. The largest absolute Gasteiger partial charge is 0.298 e. The maximum atomic E-state index is 12.0. The molecule has 0 heterocycles. The molecule has 0 unspecified atom stereocenters. The fourth-order valence-electron chi connectivity index (χ4n) is 3.70. The highest BCUT2D eigenvalue weighted by Gasteiger charge is 2.55. The first-order valence-electron chi connectivity index (χ1n) is 5.97. The summed E-state index contributed by atoms with van der Waals surface area (Å²) in [5, 5.41) is 9.41. The maximum Gasteiger partial charge on any atom is 0.153 e. The van der Waals surface area contributed by atoms with Gasteiger partial charge in [0.05, 0.1) is 6.07 Å². The van der Waals surface area contributed by atoms with Crippen LogP contribution in [0.3, 0.4) is 0 Å². The molecule has 0 aromatic carbocycles. The number of hydrogen-bond acceptors (Lipinski definition) is 2. The minimum absolute atomic E-state index is 0.171. The third-order valence-electron chi connectivity index (χ3n) is 4.52. The molecule has 2 nitrogen and oxygen atoms in total. The molecule has 2 rings (SSSR count). The molecule has 2 heteroatoms. The number of ketones is 1. The van der Waals surface area contributed by atoms with E-state index in [-0.39, 0.29) is 11.2 Å². The third kappa shape index (κ3) is 1.40. The lowest BCUT2D eigenvalue weighted by Crippen LogP contribution is -2.50. The second-order valence-corrected chi connectivity index (χ2v) is 5.79. The Morgan fingerprint density at radius 2 is 2.07 bits per heavy atom. The van der Waals surface area contributed by atoms with Gasteiger partial charge in [0.15, 0.2) is 5.78 Å². The predicted octanol–water partition coefficient (Wildman–Crippen LogP) is 3.08. The van der Waals surface area contributed by atoms with Gasteiger partial charge in [-0.2, -0.15) is 5.26 Å². The van der Waals surface area contributed by atoms with Gasteiger partial charge < -0.3 is 0 Å². The van der Waals surface area contributed by atoms with Crippen molar-refractivity contribution in [1.82, 2.24) is 0 Å². The Hall–Kier alpha value is -0.840. The summed E-state index contributed by atoms with van der Waals surface area (Å²) in [5.41, 5.74) is -0.454. The Bertz CT molecular complexity index is 326.